The summed E-state index contributed by atoms with van der Waals surface area (Å²) < 4.78 is 0. The molecule has 0 unspecified atom stereocenters. The van der Waals surface area contributed by atoms with Crippen LogP contribution in [0.15, 0.2) is 35.8 Å². The van der Waals surface area contributed by atoms with Crippen molar-refractivity contribution in [2.45, 2.75) is 32.6 Å². The van der Waals surface area contributed by atoms with Gasteiger partial charge in [0, 0.05) is 29.2 Å². The summed E-state index contributed by atoms with van der Waals surface area (Å²) in [6.45, 7) is 2.13. The lowest BCUT2D eigenvalue weighted by atomic mass is 10.2. The number of unbranched alkanes of at least 4 members (excludes halogenated alkanes) is 2. The molecule has 1 aromatic carbocycles. The zero-order chi connectivity index (χ0) is 13.5. The molecule has 4 heteroatoms. The number of nitrogens with zero attached hydrogens (tertiary/aromatic N) is 1. The Kier molecular flexibility index (Phi) is 5.10. The van der Waals surface area contributed by atoms with E-state index in [0.29, 0.717) is 6.42 Å². The van der Waals surface area contributed by atoms with E-state index in [4.69, 9.17) is 0 Å². The van der Waals surface area contributed by atoms with E-state index >= 15 is 0 Å². The second-order valence-corrected chi connectivity index (χ2v) is 5.31. The second-order valence-electron chi connectivity index (χ2n) is 4.42. The number of nitrogens with one attached hydrogen (secondary N) is 1. The molecule has 0 atom stereocenters. The summed E-state index contributed by atoms with van der Waals surface area (Å²) in [7, 11) is 0. The van der Waals surface area contributed by atoms with E-state index in [1.54, 1.807) is 17.5 Å². The Hall–Kier alpha value is -1.68. The van der Waals surface area contributed by atoms with Crippen LogP contribution in [0, 0.1) is 0 Å². The van der Waals surface area contributed by atoms with Crippen LogP contribution in [0.25, 0.3) is 10.6 Å². The summed E-state index contributed by atoms with van der Waals surface area (Å²) in [6, 6.07) is 7.82. The first-order valence-electron chi connectivity index (χ1n) is 6.59. The lowest BCUT2D eigenvalue weighted by Gasteiger charge is -2.05. The number of anilines is 1. The molecular formula is C15H18N2OS. The van der Waals surface area contributed by atoms with Gasteiger partial charge in [-0.05, 0) is 30.7 Å². The molecule has 0 bridgehead atoms. The van der Waals surface area contributed by atoms with Crippen molar-refractivity contribution in [3.8, 4) is 10.6 Å². The van der Waals surface area contributed by atoms with Crippen LogP contribution in [0.5, 0.6) is 0 Å². The first-order valence-corrected chi connectivity index (χ1v) is 7.47. The van der Waals surface area contributed by atoms with Crippen LogP contribution in [-0.2, 0) is 4.79 Å². The van der Waals surface area contributed by atoms with E-state index < -0.39 is 0 Å². The van der Waals surface area contributed by atoms with Gasteiger partial charge in [-0.2, -0.15) is 0 Å². The lowest BCUT2D eigenvalue weighted by Crippen LogP contribution is -2.10. The molecule has 19 heavy (non-hydrogen) atoms. The van der Waals surface area contributed by atoms with E-state index in [2.05, 4.69) is 17.2 Å². The van der Waals surface area contributed by atoms with Gasteiger partial charge in [-0.3, -0.25) is 4.79 Å². The van der Waals surface area contributed by atoms with E-state index in [0.717, 1.165) is 35.5 Å². The minimum Gasteiger partial charge on any atom is -0.326 e. The first-order chi connectivity index (χ1) is 9.29. The highest BCUT2D eigenvalue weighted by atomic mass is 32.1. The monoisotopic (exact) mass is 274 g/mol. The second kappa shape index (κ2) is 7.04. The zero-order valence-electron chi connectivity index (χ0n) is 11.1. The van der Waals surface area contributed by atoms with Crippen LogP contribution in [-0.4, -0.2) is 10.9 Å². The SMILES string of the molecule is CCCCCC(=O)Nc1ccc(-c2nccs2)cc1. The van der Waals surface area contributed by atoms with Crippen LogP contribution >= 0.6 is 11.3 Å². The highest BCUT2D eigenvalue weighted by molar-refractivity contribution is 7.13. The molecule has 0 saturated carbocycles. The Morgan fingerprint density at radius 3 is 2.68 bits per heavy atom. The normalized spacial score (nSPS) is 10.4. The van der Waals surface area contributed by atoms with Crippen LogP contribution in [0.1, 0.15) is 32.6 Å². The predicted octanol–water partition coefficient (Wildman–Crippen LogP) is 4.33. The summed E-state index contributed by atoms with van der Waals surface area (Å²) >= 11 is 1.61. The Morgan fingerprint density at radius 1 is 1.26 bits per heavy atom. The molecule has 0 spiro atoms. The maximum atomic E-state index is 11.7. The van der Waals surface area contributed by atoms with Gasteiger partial charge in [-0.1, -0.05) is 19.8 Å². The molecule has 100 valence electrons. The van der Waals surface area contributed by atoms with Gasteiger partial charge in [0.25, 0.3) is 0 Å². The molecular weight excluding hydrogens is 256 g/mol. The molecule has 1 heterocycles. The third kappa shape index (κ3) is 4.17. The number of carbonyl (C=O) groups excluding carboxylic acids is 1. The van der Waals surface area contributed by atoms with Crippen molar-refractivity contribution in [3.63, 3.8) is 0 Å². The molecule has 0 aliphatic carbocycles. The lowest BCUT2D eigenvalue weighted by molar-refractivity contribution is -0.116. The molecule has 2 rings (SSSR count). The van der Waals surface area contributed by atoms with Crippen LogP contribution in [0.2, 0.25) is 0 Å². The fourth-order valence-corrected chi connectivity index (χ4v) is 2.47. The number of aromatic nitrogens is 1. The number of hydrogen-bond donors (Lipinski definition) is 1. The number of carbonyl (C=O) groups is 1. The number of hydrogen-bond acceptors (Lipinski definition) is 3. The minimum absolute atomic E-state index is 0.0930. The van der Waals surface area contributed by atoms with E-state index in [-0.39, 0.29) is 5.91 Å². The van der Waals surface area contributed by atoms with Gasteiger partial charge in [-0.15, -0.1) is 11.3 Å². The van der Waals surface area contributed by atoms with E-state index in [1.807, 2.05) is 29.6 Å². The van der Waals surface area contributed by atoms with Gasteiger partial charge in [0.15, 0.2) is 0 Å². The number of benzene rings is 1. The number of thiazole rings is 1. The fourth-order valence-electron chi connectivity index (χ4n) is 1.82. The minimum atomic E-state index is 0.0930. The smallest absolute Gasteiger partial charge is 0.224 e. The van der Waals surface area contributed by atoms with Gasteiger partial charge >= 0.3 is 0 Å². The molecule has 3 nitrogen and oxygen atoms in total. The Labute approximate surface area is 117 Å². The van der Waals surface area contributed by atoms with Crippen molar-refractivity contribution >= 4 is 22.9 Å². The van der Waals surface area contributed by atoms with E-state index in [9.17, 15) is 4.79 Å². The quantitative estimate of drug-likeness (QED) is 0.797. The Morgan fingerprint density at radius 2 is 2.05 bits per heavy atom. The molecule has 1 amide bonds. The summed E-state index contributed by atoms with van der Waals surface area (Å²) in [6.07, 6.45) is 5.59. The van der Waals surface area contributed by atoms with Crippen molar-refractivity contribution in [1.82, 2.24) is 4.98 Å². The predicted molar refractivity (Wildman–Crippen MR) is 80.3 cm³/mol. The Balaban J connectivity index is 1.90. The Bertz CT molecular complexity index is 505. The fraction of sp³-hybridized carbons (Fsp3) is 0.333. The van der Waals surface area contributed by atoms with Crippen molar-refractivity contribution in [2.75, 3.05) is 5.32 Å². The molecule has 0 aliphatic rings. The average molecular weight is 274 g/mol. The van der Waals surface area contributed by atoms with Gasteiger partial charge < -0.3 is 5.32 Å². The van der Waals surface area contributed by atoms with Crippen molar-refractivity contribution < 1.29 is 4.79 Å². The largest absolute Gasteiger partial charge is 0.326 e. The number of amides is 1. The molecule has 0 fully saturated rings. The van der Waals surface area contributed by atoms with Crippen LogP contribution < -0.4 is 5.32 Å². The average Bonchev–Trinajstić information content (AvgIpc) is 2.94. The van der Waals surface area contributed by atoms with Crippen molar-refractivity contribution in [2.24, 2.45) is 0 Å². The van der Waals surface area contributed by atoms with Gasteiger partial charge in [0.05, 0.1) is 0 Å². The third-order valence-electron chi connectivity index (χ3n) is 2.86. The standard InChI is InChI=1S/C15H18N2OS/c1-2-3-4-5-14(18)17-13-8-6-12(7-9-13)15-16-10-11-19-15/h6-11H,2-5H2,1H3,(H,17,18). The van der Waals surface area contributed by atoms with Gasteiger partial charge in [0.2, 0.25) is 5.91 Å². The topological polar surface area (TPSA) is 42.0 Å². The highest BCUT2D eigenvalue weighted by Gasteiger charge is 2.03. The molecule has 0 aliphatic heterocycles. The van der Waals surface area contributed by atoms with Gasteiger partial charge in [-0.25, -0.2) is 4.98 Å². The van der Waals surface area contributed by atoms with Crippen LogP contribution in [0.3, 0.4) is 0 Å². The maximum absolute atomic E-state index is 11.7. The number of rotatable bonds is 6. The molecule has 2 aromatic rings. The molecule has 1 aromatic heterocycles. The highest BCUT2D eigenvalue weighted by Crippen LogP contribution is 2.23. The maximum Gasteiger partial charge on any atom is 0.224 e. The summed E-state index contributed by atoms with van der Waals surface area (Å²) in [4.78, 5) is 15.9. The van der Waals surface area contributed by atoms with Crippen molar-refractivity contribution in [3.05, 3.63) is 35.8 Å². The van der Waals surface area contributed by atoms with Crippen molar-refractivity contribution in [1.29, 1.82) is 0 Å². The zero-order valence-corrected chi connectivity index (χ0v) is 11.9. The first kappa shape index (κ1) is 13.7. The summed E-state index contributed by atoms with van der Waals surface area (Å²) in [5, 5.41) is 5.88. The molecule has 0 radical (unpaired) electrons. The van der Waals surface area contributed by atoms with E-state index in [1.165, 1.54) is 0 Å². The molecule has 1 N–H and O–H groups in total. The van der Waals surface area contributed by atoms with Gasteiger partial charge in [0.1, 0.15) is 5.01 Å². The third-order valence-corrected chi connectivity index (χ3v) is 3.68. The summed E-state index contributed by atoms with van der Waals surface area (Å²) in [5.74, 6) is 0.0930. The summed E-state index contributed by atoms with van der Waals surface area (Å²) in [5.41, 5.74) is 1.93. The van der Waals surface area contributed by atoms with Crippen LogP contribution in [0.4, 0.5) is 5.69 Å². The molecule has 0 saturated heterocycles.